The van der Waals surface area contributed by atoms with Gasteiger partial charge in [0.05, 0.1) is 0 Å². The van der Waals surface area contributed by atoms with Gasteiger partial charge >= 0.3 is 5.97 Å². The fourth-order valence-electron chi connectivity index (χ4n) is 4.03. The van der Waals surface area contributed by atoms with Crippen LogP contribution < -0.4 is 16.4 Å². The van der Waals surface area contributed by atoms with Crippen LogP contribution in [0.3, 0.4) is 0 Å². The lowest BCUT2D eigenvalue weighted by atomic mass is 9.96. The van der Waals surface area contributed by atoms with Crippen LogP contribution in [-0.4, -0.2) is 35.6 Å². The van der Waals surface area contributed by atoms with Crippen LogP contribution in [0, 0.1) is 18.8 Å². The number of esters is 1. The van der Waals surface area contributed by atoms with Crippen molar-refractivity contribution in [2.45, 2.75) is 51.2 Å². The predicted molar refractivity (Wildman–Crippen MR) is 120 cm³/mol. The van der Waals surface area contributed by atoms with E-state index >= 15 is 0 Å². The maximum atomic E-state index is 12.2. The van der Waals surface area contributed by atoms with E-state index in [1.54, 1.807) is 6.20 Å². The maximum Gasteiger partial charge on any atom is 0.323 e. The van der Waals surface area contributed by atoms with Gasteiger partial charge < -0.3 is 21.1 Å². The number of amides is 1. The number of aromatic nitrogens is 1. The number of ether oxygens (including phenoxy) is 1. The molecule has 7 heteroatoms. The fraction of sp³-hybridized carbons (Fsp3) is 0.458. The van der Waals surface area contributed by atoms with Gasteiger partial charge in [0.25, 0.3) is 0 Å². The summed E-state index contributed by atoms with van der Waals surface area (Å²) in [6.45, 7) is 2.70. The Morgan fingerprint density at radius 1 is 1.23 bits per heavy atom. The monoisotopic (exact) mass is 422 g/mol. The first kappa shape index (κ1) is 21.3. The molecule has 1 aromatic heterocycles. The van der Waals surface area contributed by atoms with Crippen molar-refractivity contribution in [3.63, 3.8) is 0 Å². The molecule has 1 amide bonds. The lowest BCUT2D eigenvalue weighted by Crippen LogP contribution is -2.39. The van der Waals surface area contributed by atoms with Crippen molar-refractivity contribution in [3.8, 4) is 0 Å². The molecule has 2 aromatic rings. The molecule has 0 spiro atoms. The molecule has 2 aliphatic rings. The van der Waals surface area contributed by atoms with E-state index < -0.39 is 6.04 Å². The van der Waals surface area contributed by atoms with Crippen molar-refractivity contribution in [3.05, 3.63) is 53.7 Å². The molecule has 4 atom stereocenters. The molecule has 164 valence electrons. The molecule has 2 saturated carbocycles. The molecule has 1 aromatic carbocycles. The molecule has 0 aliphatic heterocycles. The van der Waals surface area contributed by atoms with Gasteiger partial charge in [-0.05, 0) is 79.8 Å². The van der Waals surface area contributed by atoms with Gasteiger partial charge in [-0.3, -0.25) is 9.59 Å². The second-order valence-corrected chi connectivity index (χ2v) is 8.68. The zero-order valence-corrected chi connectivity index (χ0v) is 17.8. The third-order valence-electron chi connectivity index (χ3n) is 6.06. The van der Waals surface area contributed by atoms with Crippen LogP contribution in [-0.2, 0) is 20.7 Å². The first-order valence-electron chi connectivity index (χ1n) is 11.0. The van der Waals surface area contributed by atoms with E-state index in [4.69, 9.17) is 10.5 Å². The maximum absolute atomic E-state index is 12.2. The molecular weight excluding hydrogens is 392 g/mol. The number of fused-ring (bicyclic) bond motifs is 1. The summed E-state index contributed by atoms with van der Waals surface area (Å²) < 4.78 is 5.50. The molecule has 2 aliphatic carbocycles. The third kappa shape index (κ3) is 5.82. The van der Waals surface area contributed by atoms with E-state index in [2.05, 4.69) is 15.6 Å². The van der Waals surface area contributed by atoms with E-state index in [0.717, 1.165) is 35.0 Å². The van der Waals surface area contributed by atoms with Crippen LogP contribution in [0.25, 0.3) is 0 Å². The van der Waals surface area contributed by atoms with Gasteiger partial charge in [-0.15, -0.1) is 0 Å². The zero-order valence-electron chi connectivity index (χ0n) is 17.8. The van der Waals surface area contributed by atoms with Crippen LogP contribution in [0.2, 0.25) is 0 Å². The van der Waals surface area contributed by atoms with Crippen LogP contribution >= 0.6 is 0 Å². The highest BCUT2D eigenvalue weighted by Gasteiger charge is 2.55. The number of anilines is 2. The van der Waals surface area contributed by atoms with E-state index in [-0.39, 0.29) is 18.0 Å². The van der Waals surface area contributed by atoms with E-state index in [0.29, 0.717) is 31.7 Å². The van der Waals surface area contributed by atoms with Gasteiger partial charge in [0.1, 0.15) is 18.0 Å². The topological polar surface area (TPSA) is 106 Å². The molecule has 2 fully saturated rings. The smallest absolute Gasteiger partial charge is 0.323 e. The average molecular weight is 423 g/mol. The number of benzene rings is 1. The van der Waals surface area contributed by atoms with Crippen LogP contribution in [0.15, 0.2) is 42.6 Å². The van der Waals surface area contributed by atoms with Crippen LogP contribution in [0.1, 0.15) is 36.8 Å². The summed E-state index contributed by atoms with van der Waals surface area (Å²) in [5.41, 5.74) is 8.83. The number of carbonyl (C=O) groups is 2. The largest absolute Gasteiger partial charge is 0.461 e. The van der Waals surface area contributed by atoms with Crippen LogP contribution in [0.5, 0.6) is 0 Å². The number of pyridine rings is 1. The van der Waals surface area contributed by atoms with Gasteiger partial charge in [-0.25, -0.2) is 4.98 Å². The van der Waals surface area contributed by atoms with Crippen molar-refractivity contribution in [1.82, 2.24) is 4.98 Å². The standard InChI is InChI=1S/C24H30N4O3/c1-15-8-10-27-22(11-15)26-9-2-3-23(29)28-18-6-4-16(5-7-18)12-20(25)24(30)31-21-14-17-13-19(17)21/h4-8,10-11,17,19-21H,2-3,9,12-14,25H2,1H3,(H,26,27)(H,28,29)/t17?,19?,20-,21?/m0/s1. The van der Waals surface area contributed by atoms with E-state index in [1.165, 1.54) is 6.42 Å². The molecule has 31 heavy (non-hydrogen) atoms. The number of hydrogen-bond acceptors (Lipinski definition) is 6. The Balaban J connectivity index is 1.14. The summed E-state index contributed by atoms with van der Waals surface area (Å²) in [6, 6.07) is 10.7. The molecule has 3 unspecified atom stereocenters. The summed E-state index contributed by atoms with van der Waals surface area (Å²) >= 11 is 0. The van der Waals surface area contributed by atoms with Gasteiger partial charge in [-0.1, -0.05) is 12.1 Å². The quantitative estimate of drug-likeness (QED) is 0.401. The predicted octanol–water partition coefficient (Wildman–Crippen LogP) is 3.04. The lowest BCUT2D eigenvalue weighted by molar-refractivity contribution is -0.155. The van der Waals surface area contributed by atoms with Gasteiger partial charge in [-0.2, -0.15) is 0 Å². The number of carbonyl (C=O) groups excluding carboxylic acids is 2. The first-order chi connectivity index (χ1) is 15.0. The summed E-state index contributed by atoms with van der Waals surface area (Å²) in [5, 5.41) is 6.12. The molecule has 0 saturated heterocycles. The highest BCUT2D eigenvalue weighted by Crippen LogP contribution is 2.57. The SMILES string of the molecule is Cc1ccnc(NCCCC(=O)Nc2ccc(C[C@H](N)C(=O)OC3CC4CC43)cc2)c1. The number of nitrogens with two attached hydrogens (primary N) is 1. The molecule has 4 rings (SSSR count). The fourth-order valence-corrected chi connectivity index (χ4v) is 4.03. The van der Waals surface area contributed by atoms with Crippen LogP contribution in [0.4, 0.5) is 11.5 Å². The molecule has 4 N–H and O–H groups in total. The Morgan fingerprint density at radius 3 is 2.71 bits per heavy atom. The van der Waals surface area contributed by atoms with Crippen molar-refractivity contribution in [2.24, 2.45) is 17.6 Å². The number of nitrogens with zero attached hydrogens (tertiary/aromatic N) is 1. The van der Waals surface area contributed by atoms with Crippen molar-refractivity contribution >= 4 is 23.4 Å². The summed E-state index contributed by atoms with van der Waals surface area (Å²) in [4.78, 5) is 28.5. The highest BCUT2D eigenvalue weighted by molar-refractivity contribution is 5.90. The summed E-state index contributed by atoms with van der Waals surface area (Å²) in [6.07, 6.45) is 5.59. The van der Waals surface area contributed by atoms with Crippen molar-refractivity contribution in [2.75, 3.05) is 17.2 Å². The Hall–Kier alpha value is -2.93. The second kappa shape index (κ2) is 9.47. The van der Waals surface area contributed by atoms with Crippen molar-refractivity contribution in [1.29, 1.82) is 0 Å². The Labute approximate surface area is 182 Å². The molecule has 7 nitrogen and oxygen atoms in total. The molecule has 0 bridgehead atoms. The van der Waals surface area contributed by atoms with E-state index in [1.807, 2.05) is 43.3 Å². The molecule has 1 heterocycles. The second-order valence-electron chi connectivity index (χ2n) is 8.68. The number of hydrogen-bond donors (Lipinski definition) is 3. The average Bonchev–Trinajstić information content (AvgIpc) is 3.41. The molecular formula is C24H30N4O3. The molecule has 0 radical (unpaired) electrons. The summed E-state index contributed by atoms with van der Waals surface area (Å²) in [5.74, 6) is 1.85. The lowest BCUT2D eigenvalue weighted by Gasteiger charge is -2.26. The minimum atomic E-state index is -0.659. The Morgan fingerprint density at radius 2 is 2.03 bits per heavy atom. The number of nitrogens with one attached hydrogen (secondary N) is 2. The van der Waals surface area contributed by atoms with Gasteiger partial charge in [0, 0.05) is 24.8 Å². The van der Waals surface area contributed by atoms with E-state index in [9.17, 15) is 9.59 Å². The van der Waals surface area contributed by atoms with Gasteiger partial charge in [0.2, 0.25) is 5.91 Å². The minimum absolute atomic E-state index is 0.0362. The number of rotatable bonds is 10. The van der Waals surface area contributed by atoms with Crippen molar-refractivity contribution < 1.29 is 14.3 Å². The zero-order chi connectivity index (χ0) is 21.8. The normalized spacial score (nSPS) is 21.9. The number of aryl methyl sites for hydroxylation is 1. The third-order valence-corrected chi connectivity index (χ3v) is 6.06. The highest BCUT2D eigenvalue weighted by atomic mass is 16.5. The summed E-state index contributed by atoms with van der Waals surface area (Å²) in [7, 11) is 0. The first-order valence-corrected chi connectivity index (χ1v) is 11.0. The van der Waals surface area contributed by atoms with Gasteiger partial charge in [0.15, 0.2) is 0 Å². The Kier molecular flexibility index (Phi) is 6.51. The minimum Gasteiger partial charge on any atom is -0.461 e. The Bertz CT molecular complexity index is 931.